The van der Waals surface area contributed by atoms with Crippen LogP contribution in [0.4, 0.5) is 4.39 Å². The first-order chi connectivity index (χ1) is 7.66. The fraction of sp³-hybridized carbons (Fsp3) is 0.417. The number of nitrogens with one attached hydrogen (secondary N) is 1. The molecule has 86 valence electrons. The predicted molar refractivity (Wildman–Crippen MR) is 57.5 cm³/mol. The second-order valence-corrected chi connectivity index (χ2v) is 4.13. The number of rotatable bonds is 4. The molecule has 3 nitrogen and oxygen atoms in total. The summed E-state index contributed by atoms with van der Waals surface area (Å²) in [5.41, 5.74) is 0.281. The smallest absolute Gasteiger partial charge is 0.251 e. The predicted octanol–water partition coefficient (Wildman–Crippen LogP) is 1.33. The summed E-state index contributed by atoms with van der Waals surface area (Å²) in [4.78, 5) is 11.6. The van der Waals surface area contributed by atoms with Gasteiger partial charge in [0.05, 0.1) is 6.10 Å². The molecule has 0 heterocycles. The maximum atomic E-state index is 12.8. The van der Waals surface area contributed by atoms with Crippen LogP contribution in [0.25, 0.3) is 0 Å². The highest BCUT2D eigenvalue weighted by Crippen LogP contribution is 2.32. The van der Waals surface area contributed by atoms with Gasteiger partial charge in [-0.15, -0.1) is 0 Å². The van der Waals surface area contributed by atoms with Crippen LogP contribution in [0.15, 0.2) is 24.3 Å². The van der Waals surface area contributed by atoms with Crippen molar-refractivity contribution in [3.8, 4) is 0 Å². The molecule has 1 fully saturated rings. The first-order valence-corrected chi connectivity index (χ1v) is 5.38. The van der Waals surface area contributed by atoms with E-state index in [-0.39, 0.29) is 18.0 Å². The third-order valence-electron chi connectivity index (χ3n) is 2.72. The number of aliphatic hydroxyl groups excluding tert-OH is 1. The maximum absolute atomic E-state index is 12.8. The van der Waals surface area contributed by atoms with Gasteiger partial charge in [-0.05, 0) is 37.0 Å². The maximum Gasteiger partial charge on any atom is 0.251 e. The second-order valence-electron chi connectivity index (χ2n) is 4.13. The van der Waals surface area contributed by atoms with Gasteiger partial charge in [0.1, 0.15) is 5.82 Å². The van der Waals surface area contributed by atoms with E-state index in [1.54, 1.807) is 6.07 Å². The molecular formula is C12H14FNO2. The molecule has 0 spiro atoms. The lowest BCUT2D eigenvalue weighted by molar-refractivity contribution is 0.0900. The van der Waals surface area contributed by atoms with E-state index in [9.17, 15) is 14.3 Å². The zero-order valence-electron chi connectivity index (χ0n) is 8.82. The number of carbonyl (C=O) groups excluding carboxylic acids is 1. The highest BCUT2D eigenvalue weighted by Gasteiger charge is 2.29. The highest BCUT2D eigenvalue weighted by atomic mass is 19.1. The van der Waals surface area contributed by atoms with Gasteiger partial charge >= 0.3 is 0 Å². The lowest BCUT2D eigenvalue weighted by Gasteiger charge is -2.10. The molecule has 2 rings (SSSR count). The van der Waals surface area contributed by atoms with E-state index in [1.807, 2.05) is 0 Å². The minimum absolute atomic E-state index is 0.236. The highest BCUT2D eigenvalue weighted by molar-refractivity contribution is 5.94. The molecule has 1 aromatic carbocycles. The van der Waals surface area contributed by atoms with Gasteiger partial charge in [0, 0.05) is 12.1 Å². The lowest BCUT2D eigenvalue weighted by Crippen LogP contribution is -2.33. The molecule has 1 unspecified atom stereocenters. The molecule has 0 bridgehead atoms. The largest absolute Gasteiger partial charge is 0.391 e. The van der Waals surface area contributed by atoms with Gasteiger partial charge in [-0.1, -0.05) is 6.07 Å². The Balaban J connectivity index is 1.87. The molecule has 16 heavy (non-hydrogen) atoms. The average molecular weight is 223 g/mol. The van der Waals surface area contributed by atoms with Crippen molar-refractivity contribution in [1.29, 1.82) is 0 Å². The fourth-order valence-corrected chi connectivity index (χ4v) is 1.58. The van der Waals surface area contributed by atoms with Crippen LogP contribution in [0, 0.1) is 11.7 Å². The third-order valence-corrected chi connectivity index (χ3v) is 2.72. The van der Waals surface area contributed by atoms with E-state index in [4.69, 9.17) is 0 Å². The quantitative estimate of drug-likeness (QED) is 0.809. The van der Waals surface area contributed by atoms with E-state index in [0.29, 0.717) is 5.92 Å². The number of aliphatic hydroxyl groups is 1. The number of hydrogen-bond donors (Lipinski definition) is 2. The summed E-state index contributed by atoms with van der Waals surface area (Å²) < 4.78 is 12.8. The number of carbonyl (C=O) groups is 1. The monoisotopic (exact) mass is 223 g/mol. The molecule has 2 N–H and O–H groups in total. The van der Waals surface area contributed by atoms with Crippen molar-refractivity contribution < 1.29 is 14.3 Å². The van der Waals surface area contributed by atoms with Crippen LogP contribution in [0.5, 0.6) is 0 Å². The average Bonchev–Trinajstić information content (AvgIpc) is 3.09. The van der Waals surface area contributed by atoms with Gasteiger partial charge in [-0.25, -0.2) is 4.39 Å². The standard InChI is InChI=1S/C12H14FNO2/c13-10-3-1-2-9(6-10)12(16)14-7-11(15)8-4-5-8/h1-3,6,8,11,15H,4-5,7H2,(H,14,16). The molecule has 0 aliphatic heterocycles. The minimum Gasteiger partial charge on any atom is -0.391 e. The third kappa shape index (κ3) is 2.79. The van der Waals surface area contributed by atoms with Crippen LogP contribution in [0.3, 0.4) is 0 Å². The fourth-order valence-electron chi connectivity index (χ4n) is 1.58. The summed E-state index contributed by atoms with van der Waals surface area (Å²) in [6.45, 7) is 0.236. The molecule has 0 aromatic heterocycles. The molecule has 1 amide bonds. The van der Waals surface area contributed by atoms with Crippen LogP contribution in [-0.2, 0) is 0 Å². The molecule has 0 saturated heterocycles. The van der Waals surface area contributed by atoms with Gasteiger partial charge in [0.25, 0.3) is 5.91 Å². The molecule has 0 radical (unpaired) electrons. The number of amides is 1. The normalized spacial score (nSPS) is 16.9. The van der Waals surface area contributed by atoms with E-state index < -0.39 is 11.9 Å². The van der Waals surface area contributed by atoms with Gasteiger partial charge in [-0.2, -0.15) is 0 Å². The van der Waals surface area contributed by atoms with Crippen LogP contribution in [0.1, 0.15) is 23.2 Å². The summed E-state index contributed by atoms with van der Waals surface area (Å²) in [6, 6.07) is 5.50. The van der Waals surface area contributed by atoms with Gasteiger partial charge in [0.2, 0.25) is 0 Å². The van der Waals surface area contributed by atoms with Crippen LogP contribution in [-0.4, -0.2) is 23.7 Å². The Morgan fingerprint density at radius 3 is 2.94 bits per heavy atom. The first kappa shape index (κ1) is 11.1. The zero-order chi connectivity index (χ0) is 11.5. The number of halogens is 1. The van der Waals surface area contributed by atoms with Crippen LogP contribution in [0.2, 0.25) is 0 Å². The Morgan fingerprint density at radius 1 is 1.56 bits per heavy atom. The molecule has 1 atom stereocenters. The van der Waals surface area contributed by atoms with Crippen molar-refractivity contribution >= 4 is 5.91 Å². The Labute approximate surface area is 93.3 Å². The Bertz CT molecular complexity index is 390. The van der Waals surface area contributed by atoms with Gasteiger partial charge in [0.15, 0.2) is 0 Å². The summed E-state index contributed by atoms with van der Waals surface area (Å²) in [5, 5.41) is 12.1. The van der Waals surface area contributed by atoms with Crippen LogP contribution < -0.4 is 5.32 Å². The minimum atomic E-state index is -0.475. The number of hydrogen-bond acceptors (Lipinski definition) is 2. The summed E-state index contributed by atoms with van der Waals surface area (Å²) >= 11 is 0. The van der Waals surface area contributed by atoms with Crippen molar-refractivity contribution in [2.24, 2.45) is 5.92 Å². The summed E-state index contributed by atoms with van der Waals surface area (Å²) in [6.07, 6.45) is 1.58. The zero-order valence-corrected chi connectivity index (χ0v) is 8.82. The molecule has 4 heteroatoms. The van der Waals surface area contributed by atoms with Crippen molar-refractivity contribution in [3.05, 3.63) is 35.6 Å². The second kappa shape index (κ2) is 4.61. The summed E-state index contributed by atoms with van der Waals surface area (Å²) in [7, 11) is 0. The van der Waals surface area contributed by atoms with E-state index in [0.717, 1.165) is 12.8 Å². The van der Waals surface area contributed by atoms with Crippen molar-refractivity contribution in [3.63, 3.8) is 0 Å². The van der Waals surface area contributed by atoms with Gasteiger partial charge in [-0.3, -0.25) is 4.79 Å². The topological polar surface area (TPSA) is 49.3 Å². The molecular weight excluding hydrogens is 209 g/mol. The van der Waals surface area contributed by atoms with E-state index in [2.05, 4.69) is 5.32 Å². The van der Waals surface area contributed by atoms with Crippen molar-refractivity contribution in [2.75, 3.05) is 6.54 Å². The van der Waals surface area contributed by atoms with Crippen molar-refractivity contribution in [2.45, 2.75) is 18.9 Å². The molecule has 1 saturated carbocycles. The van der Waals surface area contributed by atoms with Gasteiger partial charge < -0.3 is 10.4 Å². The lowest BCUT2D eigenvalue weighted by atomic mass is 10.2. The van der Waals surface area contributed by atoms with E-state index >= 15 is 0 Å². The first-order valence-electron chi connectivity index (χ1n) is 5.38. The van der Waals surface area contributed by atoms with Crippen molar-refractivity contribution in [1.82, 2.24) is 5.32 Å². The molecule has 1 aliphatic carbocycles. The molecule has 1 aromatic rings. The molecule has 1 aliphatic rings. The SMILES string of the molecule is O=C(NCC(O)C1CC1)c1cccc(F)c1. The Morgan fingerprint density at radius 2 is 2.31 bits per heavy atom. The van der Waals surface area contributed by atoms with E-state index in [1.165, 1.54) is 18.2 Å². The number of benzene rings is 1. The Kier molecular flexibility index (Phi) is 3.19. The summed E-state index contributed by atoms with van der Waals surface area (Å²) in [5.74, 6) is -0.456. The van der Waals surface area contributed by atoms with Crippen LogP contribution >= 0.6 is 0 Å². The Hall–Kier alpha value is -1.42.